The zero-order chi connectivity index (χ0) is 41.3. The summed E-state index contributed by atoms with van der Waals surface area (Å²) in [4.78, 5) is 75.3. The molecule has 0 saturated carbocycles. The lowest BCUT2D eigenvalue weighted by Gasteiger charge is -2.35. The van der Waals surface area contributed by atoms with Gasteiger partial charge in [-0.1, -0.05) is 13.2 Å². The van der Waals surface area contributed by atoms with Crippen LogP contribution in [-0.4, -0.2) is 134 Å². The smallest absolute Gasteiger partial charge is 0.306 e. The van der Waals surface area contributed by atoms with Crippen LogP contribution in [0, 0.1) is 16.2 Å². The summed E-state index contributed by atoms with van der Waals surface area (Å²) in [5.74, 6) is -2.37. The highest BCUT2D eigenvalue weighted by molar-refractivity contribution is 7.81. The van der Waals surface area contributed by atoms with Crippen LogP contribution in [0.25, 0.3) is 0 Å². The second-order valence-corrected chi connectivity index (χ2v) is 13.9. The lowest BCUT2D eigenvalue weighted by atomic mass is 9.90. The second-order valence-electron chi connectivity index (χ2n) is 11.2. The van der Waals surface area contributed by atoms with E-state index in [9.17, 15) is 28.8 Å². The molecule has 0 aromatic rings. The highest BCUT2D eigenvalue weighted by Crippen LogP contribution is 2.27. The molecule has 1 N–H and O–H groups in total. The molecule has 15 nitrogen and oxygen atoms in total. The molecule has 0 aliphatic heterocycles. The summed E-state index contributed by atoms with van der Waals surface area (Å²) in [6.07, 6.45) is 4.01. The minimum absolute atomic E-state index is 0.0189. The molecule has 0 spiro atoms. The minimum Gasteiger partial charge on any atom is -0.465 e. The highest BCUT2D eigenvalue weighted by Gasteiger charge is 2.40. The van der Waals surface area contributed by atoms with Crippen molar-refractivity contribution in [3.63, 3.8) is 0 Å². The van der Waals surface area contributed by atoms with Crippen molar-refractivity contribution >= 4 is 118 Å². The predicted octanol–water partition coefficient (Wildman–Crippen LogP) is 3.34. The first-order valence-electron chi connectivity index (χ1n) is 16.5. The largest absolute Gasteiger partial charge is 0.465 e. The van der Waals surface area contributed by atoms with Gasteiger partial charge in [0.2, 0.25) is 0 Å². The molecule has 0 heterocycles. The Bertz CT molecular complexity index is 963. The zero-order valence-electron chi connectivity index (χ0n) is 30.2. The molecule has 21 heteroatoms. The van der Waals surface area contributed by atoms with E-state index in [4.69, 9.17) is 38.6 Å². The Hall–Kier alpha value is -2.17. The Labute approximate surface area is 350 Å². The number of hydrogen-bond acceptors (Lipinski definition) is 20. The molecule has 0 rings (SSSR count). The normalized spacial score (nSPS) is 10.8. The van der Waals surface area contributed by atoms with Gasteiger partial charge >= 0.3 is 35.8 Å². The van der Waals surface area contributed by atoms with Gasteiger partial charge in [0.1, 0.15) is 39.6 Å². The number of rotatable bonds is 31. The second kappa shape index (κ2) is 34.1. The lowest BCUT2D eigenvalue weighted by Crippen LogP contribution is -2.47. The molecule has 0 saturated heterocycles. The number of esters is 6. The van der Waals surface area contributed by atoms with Crippen LogP contribution in [0.1, 0.15) is 38.5 Å². The molecular weight excluding hydrogens is 825 g/mol. The van der Waals surface area contributed by atoms with Crippen LogP contribution in [0.15, 0.2) is 25.6 Å². The van der Waals surface area contributed by atoms with Gasteiger partial charge in [0, 0.05) is 46.9 Å². The Morgan fingerprint density at radius 2 is 0.648 bits per heavy atom. The highest BCUT2D eigenvalue weighted by atomic mass is 32.1. The molecule has 0 aromatic carbocycles. The third kappa shape index (κ3) is 27.4. The van der Waals surface area contributed by atoms with Crippen molar-refractivity contribution in [3.8, 4) is 0 Å². The van der Waals surface area contributed by atoms with Gasteiger partial charge in [-0.25, -0.2) is 0 Å². The third-order valence-corrected chi connectivity index (χ3v) is 7.86. The molecule has 0 unspecified atom stereocenters. The van der Waals surface area contributed by atoms with E-state index in [0.717, 1.165) is 6.34 Å². The molecular formula is C33H54N2O13S6. The Kier molecular flexibility index (Phi) is 34.1. The van der Waals surface area contributed by atoms with Crippen LogP contribution in [-0.2, 0) is 61.9 Å². The number of carbonyl (C=O) groups excluding carboxylic acids is 6. The Morgan fingerprint density at radius 1 is 0.444 bits per heavy atom. The van der Waals surface area contributed by atoms with Crippen molar-refractivity contribution in [3.05, 3.63) is 25.6 Å². The maximum Gasteiger partial charge on any atom is 0.306 e. The van der Waals surface area contributed by atoms with E-state index in [1.807, 2.05) is 0 Å². The Morgan fingerprint density at radius 3 is 0.778 bits per heavy atom. The fourth-order valence-electron chi connectivity index (χ4n) is 3.55. The number of carbonyl (C=O) groups is 6. The first kappa shape index (κ1) is 53.9. The molecule has 310 valence electrons. The van der Waals surface area contributed by atoms with E-state index in [0.29, 0.717) is 0 Å². The zero-order valence-corrected chi connectivity index (χ0v) is 35.6. The standard InChI is InChI=1S/C28H46O13S6.C5H8N2/c29-21(1-7-42)36-15-27(16-37-22(30)2-8-43,17-38-23(31)3-9-44)13-35-14-28(18-39-24(32)4-10-45,19-40-25(33)5-11-46)20-41-26(34)6-12-47;1-3-7(4-2)5-6/h42-47H,1-20H2;3-6H,1-2H2. The van der Waals surface area contributed by atoms with Gasteiger partial charge in [0.15, 0.2) is 0 Å². The van der Waals surface area contributed by atoms with Gasteiger partial charge < -0.3 is 38.1 Å². The van der Waals surface area contributed by atoms with Crippen LogP contribution in [0.3, 0.4) is 0 Å². The Balaban J connectivity index is 0. The molecule has 0 aromatic heterocycles. The van der Waals surface area contributed by atoms with E-state index >= 15 is 0 Å². The number of ether oxygens (including phenoxy) is 7. The van der Waals surface area contributed by atoms with Crippen LogP contribution in [0.2, 0.25) is 0 Å². The number of nitrogens with one attached hydrogen (secondary N) is 1. The molecule has 0 bridgehead atoms. The molecule has 0 atom stereocenters. The monoisotopic (exact) mass is 878 g/mol. The maximum atomic E-state index is 12.3. The van der Waals surface area contributed by atoms with Crippen LogP contribution in [0.5, 0.6) is 0 Å². The summed E-state index contributed by atoms with van der Waals surface area (Å²) in [5.41, 5.74) is -2.82. The SMILES string of the molecule is C=CN(C=C)C=N.O=C(CCS)OCC(COCC(COC(=O)CCS)(COC(=O)CCS)COC(=O)CCS)(COC(=O)CCS)COC(=O)CCS. The summed E-state index contributed by atoms with van der Waals surface area (Å²) >= 11 is 24.2. The van der Waals surface area contributed by atoms with Gasteiger partial charge in [-0.3, -0.25) is 34.2 Å². The van der Waals surface area contributed by atoms with E-state index in [1.165, 1.54) is 17.3 Å². The van der Waals surface area contributed by atoms with Crippen LogP contribution >= 0.6 is 75.8 Å². The van der Waals surface area contributed by atoms with Gasteiger partial charge in [-0.2, -0.15) is 75.8 Å². The van der Waals surface area contributed by atoms with Gasteiger partial charge in [-0.05, 0) is 0 Å². The molecule has 0 radical (unpaired) electrons. The van der Waals surface area contributed by atoms with Crippen molar-refractivity contribution in [1.82, 2.24) is 4.90 Å². The summed E-state index contributed by atoms with van der Waals surface area (Å²) in [6, 6.07) is 0. The van der Waals surface area contributed by atoms with Crippen LogP contribution in [0.4, 0.5) is 0 Å². The predicted molar refractivity (Wildman–Crippen MR) is 223 cm³/mol. The number of hydrogen-bond donors (Lipinski definition) is 7. The number of nitrogens with zero attached hydrogens (tertiary/aromatic N) is 1. The topological polar surface area (TPSA) is 194 Å². The molecule has 0 fully saturated rings. The van der Waals surface area contributed by atoms with Crippen molar-refractivity contribution in [2.24, 2.45) is 10.8 Å². The summed E-state index contributed by atoms with van der Waals surface area (Å²) in [6.45, 7) is 3.79. The van der Waals surface area contributed by atoms with Crippen molar-refractivity contribution in [2.75, 3.05) is 87.4 Å². The van der Waals surface area contributed by atoms with Gasteiger partial charge in [0.05, 0.1) is 68.9 Å². The van der Waals surface area contributed by atoms with E-state index < -0.39 is 46.6 Å². The van der Waals surface area contributed by atoms with E-state index in [2.05, 4.69) is 88.9 Å². The van der Waals surface area contributed by atoms with E-state index in [1.54, 1.807) is 0 Å². The summed E-state index contributed by atoms with van der Waals surface area (Å²) < 4.78 is 38.6. The fraction of sp³-hybridized carbons (Fsp3) is 0.667. The molecule has 0 aliphatic carbocycles. The van der Waals surface area contributed by atoms with Crippen LogP contribution < -0.4 is 0 Å². The fourth-order valence-corrected chi connectivity index (χ4v) is 4.64. The first-order chi connectivity index (χ1) is 25.8. The third-order valence-electron chi connectivity index (χ3n) is 6.52. The quantitative estimate of drug-likeness (QED) is 0.0176. The van der Waals surface area contributed by atoms with Gasteiger partial charge in [-0.15, -0.1) is 0 Å². The summed E-state index contributed by atoms with van der Waals surface area (Å²) in [5, 5.41) is 6.62. The molecule has 54 heavy (non-hydrogen) atoms. The maximum absolute atomic E-state index is 12.3. The van der Waals surface area contributed by atoms with Crippen molar-refractivity contribution < 1.29 is 61.9 Å². The van der Waals surface area contributed by atoms with Crippen molar-refractivity contribution in [1.29, 1.82) is 5.41 Å². The first-order valence-corrected chi connectivity index (χ1v) is 20.3. The number of thiol groups is 6. The summed E-state index contributed by atoms with van der Waals surface area (Å²) in [7, 11) is 0. The van der Waals surface area contributed by atoms with E-state index in [-0.39, 0.29) is 126 Å². The molecule has 0 amide bonds. The van der Waals surface area contributed by atoms with Gasteiger partial charge in [0.25, 0.3) is 0 Å². The molecule has 0 aliphatic rings. The minimum atomic E-state index is -1.41. The average molecular weight is 879 g/mol. The van der Waals surface area contributed by atoms with Crippen molar-refractivity contribution in [2.45, 2.75) is 38.5 Å². The average Bonchev–Trinajstić information content (AvgIpc) is 3.14. The lowest BCUT2D eigenvalue weighted by molar-refractivity contribution is -0.174.